The number of aliphatic hydroxyl groups is 2. The zero-order valence-electron chi connectivity index (χ0n) is 11.6. The lowest BCUT2D eigenvalue weighted by Gasteiger charge is -2.36. The van der Waals surface area contributed by atoms with Gasteiger partial charge in [-0.3, -0.25) is 0 Å². The van der Waals surface area contributed by atoms with E-state index in [-0.39, 0.29) is 12.7 Å². The van der Waals surface area contributed by atoms with Crippen molar-refractivity contribution in [3.8, 4) is 0 Å². The fourth-order valence-corrected chi connectivity index (χ4v) is 2.83. The SMILES string of the molecule is Cc1ccccc1C(CCO)OC1(O)CCCCC1. The molecule has 1 aliphatic rings. The summed E-state index contributed by atoms with van der Waals surface area (Å²) in [5, 5.41) is 19.8. The van der Waals surface area contributed by atoms with Crippen molar-refractivity contribution in [1.82, 2.24) is 0 Å². The van der Waals surface area contributed by atoms with Gasteiger partial charge in [0.05, 0.1) is 6.10 Å². The van der Waals surface area contributed by atoms with Gasteiger partial charge in [0.25, 0.3) is 0 Å². The topological polar surface area (TPSA) is 49.7 Å². The molecule has 1 fully saturated rings. The first-order chi connectivity index (χ1) is 9.14. The third kappa shape index (κ3) is 3.78. The van der Waals surface area contributed by atoms with Crippen LogP contribution in [0, 0.1) is 6.92 Å². The molecule has 3 nitrogen and oxygen atoms in total. The summed E-state index contributed by atoms with van der Waals surface area (Å²) < 4.78 is 5.98. The second-order valence-corrected chi connectivity index (χ2v) is 5.48. The molecule has 2 N–H and O–H groups in total. The zero-order chi connectivity index (χ0) is 13.7. The van der Waals surface area contributed by atoms with Gasteiger partial charge >= 0.3 is 0 Å². The van der Waals surface area contributed by atoms with Crippen molar-refractivity contribution >= 4 is 0 Å². The first-order valence-electron chi connectivity index (χ1n) is 7.21. The van der Waals surface area contributed by atoms with Gasteiger partial charge in [-0.25, -0.2) is 0 Å². The Morgan fingerprint density at radius 3 is 2.53 bits per heavy atom. The third-order valence-electron chi connectivity index (χ3n) is 3.92. The first kappa shape index (κ1) is 14.5. The summed E-state index contributed by atoms with van der Waals surface area (Å²) >= 11 is 0. The Balaban J connectivity index is 2.14. The van der Waals surface area contributed by atoms with E-state index in [4.69, 9.17) is 4.74 Å². The van der Waals surface area contributed by atoms with E-state index in [1.165, 1.54) is 6.42 Å². The minimum Gasteiger partial charge on any atom is -0.396 e. The molecule has 2 rings (SSSR count). The molecule has 0 saturated heterocycles. The van der Waals surface area contributed by atoms with Crippen LogP contribution in [0.15, 0.2) is 24.3 Å². The van der Waals surface area contributed by atoms with E-state index in [1.54, 1.807) is 0 Å². The molecule has 1 aromatic rings. The van der Waals surface area contributed by atoms with Crippen molar-refractivity contribution in [3.63, 3.8) is 0 Å². The van der Waals surface area contributed by atoms with E-state index in [0.717, 1.165) is 24.0 Å². The van der Waals surface area contributed by atoms with Crippen molar-refractivity contribution in [3.05, 3.63) is 35.4 Å². The Kier molecular flexibility index (Phi) is 4.97. The molecule has 3 heteroatoms. The number of aliphatic hydroxyl groups excluding tert-OH is 1. The summed E-state index contributed by atoms with van der Waals surface area (Å²) in [4.78, 5) is 0. The highest BCUT2D eigenvalue weighted by atomic mass is 16.6. The molecular weight excluding hydrogens is 240 g/mol. The van der Waals surface area contributed by atoms with E-state index < -0.39 is 5.79 Å². The van der Waals surface area contributed by atoms with Crippen LogP contribution in [0.1, 0.15) is 55.8 Å². The van der Waals surface area contributed by atoms with E-state index in [1.807, 2.05) is 31.2 Å². The molecular formula is C16H24O3. The molecule has 0 radical (unpaired) electrons. The maximum absolute atomic E-state index is 10.5. The van der Waals surface area contributed by atoms with E-state index in [2.05, 4.69) is 0 Å². The molecule has 106 valence electrons. The standard InChI is InChI=1S/C16H24O3/c1-13-7-3-4-8-14(13)15(9-12-17)19-16(18)10-5-2-6-11-16/h3-4,7-8,15,17-18H,2,5-6,9-12H2,1H3. The average molecular weight is 264 g/mol. The molecule has 0 heterocycles. The van der Waals surface area contributed by atoms with Crippen LogP contribution >= 0.6 is 0 Å². The number of hydrogen-bond acceptors (Lipinski definition) is 3. The molecule has 0 bridgehead atoms. The molecule has 1 atom stereocenters. The van der Waals surface area contributed by atoms with Crippen LogP contribution in [0.5, 0.6) is 0 Å². The third-order valence-corrected chi connectivity index (χ3v) is 3.92. The van der Waals surface area contributed by atoms with Crippen molar-refractivity contribution in [1.29, 1.82) is 0 Å². The Labute approximate surface area is 115 Å². The van der Waals surface area contributed by atoms with Crippen LogP contribution in [0.2, 0.25) is 0 Å². The largest absolute Gasteiger partial charge is 0.396 e. The smallest absolute Gasteiger partial charge is 0.166 e. The Hall–Kier alpha value is -0.900. The Morgan fingerprint density at radius 2 is 1.89 bits per heavy atom. The van der Waals surface area contributed by atoms with Crippen LogP contribution in [-0.4, -0.2) is 22.6 Å². The quantitative estimate of drug-likeness (QED) is 0.803. The van der Waals surface area contributed by atoms with Gasteiger partial charge in [0.2, 0.25) is 0 Å². The summed E-state index contributed by atoms with van der Waals surface area (Å²) in [7, 11) is 0. The summed E-state index contributed by atoms with van der Waals surface area (Å²) in [5.74, 6) is -1.01. The summed E-state index contributed by atoms with van der Waals surface area (Å²) in [5.41, 5.74) is 2.20. The molecule has 0 amide bonds. The van der Waals surface area contributed by atoms with Gasteiger partial charge in [0.1, 0.15) is 0 Å². The van der Waals surface area contributed by atoms with E-state index >= 15 is 0 Å². The zero-order valence-corrected chi connectivity index (χ0v) is 11.6. The van der Waals surface area contributed by atoms with Crippen LogP contribution in [0.3, 0.4) is 0 Å². The average Bonchev–Trinajstić information content (AvgIpc) is 2.39. The van der Waals surface area contributed by atoms with Crippen LogP contribution in [0.25, 0.3) is 0 Å². The summed E-state index contributed by atoms with van der Waals surface area (Å²) in [6, 6.07) is 8.01. The van der Waals surface area contributed by atoms with Crippen molar-refractivity contribution in [2.24, 2.45) is 0 Å². The van der Waals surface area contributed by atoms with Crippen molar-refractivity contribution < 1.29 is 14.9 Å². The second-order valence-electron chi connectivity index (χ2n) is 5.48. The highest BCUT2D eigenvalue weighted by Crippen LogP contribution is 2.36. The van der Waals surface area contributed by atoms with Crippen LogP contribution < -0.4 is 0 Å². The highest BCUT2D eigenvalue weighted by molar-refractivity contribution is 5.27. The van der Waals surface area contributed by atoms with Gasteiger partial charge in [0.15, 0.2) is 5.79 Å². The Morgan fingerprint density at radius 1 is 1.21 bits per heavy atom. The van der Waals surface area contributed by atoms with Crippen molar-refractivity contribution in [2.45, 2.75) is 57.3 Å². The number of hydrogen-bond donors (Lipinski definition) is 2. The lowest BCUT2D eigenvalue weighted by Crippen LogP contribution is -2.36. The molecule has 1 aromatic carbocycles. The van der Waals surface area contributed by atoms with Crippen LogP contribution in [-0.2, 0) is 4.74 Å². The van der Waals surface area contributed by atoms with Gasteiger partial charge in [0, 0.05) is 25.9 Å². The molecule has 1 unspecified atom stereocenters. The lowest BCUT2D eigenvalue weighted by atomic mass is 9.93. The number of aryl methyl sites for hydroxylation is 1. The molecule has 1 aliphatic carbocycles. The van der Waals surface area contributed by atoms with Gasteiger partial charge < -0.3 is 14.9 Å². The summed E-state index contributed by atoms with van der Waals surface area (Å²) in [6.45, 7) is 2.10. The normalized spacial score (nSPS) is 20.2. The monoisotopic (exact) mass is 264 g/mol. The predicted octanol–water partition coefficient (Wildman–Crippen LogP) is 3.09. The minimum atomic E-state index is -1.01. The maximum atomic E-state index is 10.5. The number of benzene rings is 1. The molecule has 19 heavy (non-hydrogen) atoms. The van der Waals surface area contributed by atoms with Gasteiger partial charge in [-0.15, -0.1) is 0 Å². The van der Waals surface area contributed by atoms with Gasteiger partial charge in [-0.1, -0.05) is 30.7 Å². The van der Waals surface area contributed by atoms with Crippen LogP contribution in [0.4, 0.5) is 0 Å². The molecule has 0 spiro atoms. The predicted molar refractivity (Wildman–Crippen MR) is 74.7 cm³/mol. The van der Waals surface area contributed by atoms with Gasteiger partial charge in [-0.2, -0.15) is 0 Å². The number of rotatable bonds is 5. The maximum Gasteiger partial charge on any atom is 0.166 e. The first-order valence-corrected chi connectivity index (χ1v) is 7.21. The van der Waals surface area contributed by atoms with E-state index in [9.17, 15) is 10.2 Å². The Bertz CT molecular complexity index is 397. The van der Waals surface area contributed by atoms with Crippen molar-refractivity contribution in [2.75, 3.05) is 6.61 Å². The van der Waals surface area contributed by atoms with E-state index in [0.29, 0.717) is 19.3 Å². The second kappa shape index (κ2) is 6.51. The van der Waals surface area contributed by atoms with Gasteiger partial charge in [-0.05, 0) is 30.9 Å². The molecule has 1 saturated carbocycles. The minimum absolute atomic E-state index is 0.0646. The fraction of sp³-hybridized carbons (Fsp3) is 0.625. The molecule has 0 aromatic heterocycles. The lowest BCUT2D eigenvalue weighted by molar-refractivity contribution is -0.249. The number of ether oxygens (including phenoxy) is 1. The molecule has 0 aliphatic heterocycles. The summed E-state index contributed by atoms with van der Waals surface area (Å²) in [6.07, 6.45) is 4.87. The highest BCUT2D eigenvalue weighted by Gasteiger charge is 2.33. The fourth-order valence-electron chi connectivity index (χ4n) is 2.83.